The number of para-hydroxylation sites is 1. The van der Waals surface area contributed by atoms with Gasteiger partial charge in [-0.05, 0) is 51.9 Å². The molecule has 9 rings (SSSR count). The Bertz CT molecular complexity index is 2510. The fraction of sp³-hybridized carbons (Fsp3) is 0. The molecule has 0 bridgehead atoms. The smallest absolute Gasteiger partial charge is 0.160 e. The number of rotatable bonds is 4. The van der Waals surface area contributed by atoms with Gasteiger partial charge in [0.15, 0.2) is 5.82 Å². The monoisotopic (exact) mass is 574 g/mol. The predicted molar refractivity (Wildman–Crippen MR) is 186 cm³/mol. The standard InChI is InChI=1S/C42H26N2O/c1-3-11-27(12-4-1)28-19-21-30(22-20-28)40-35-17-9-10-18-38(35)43-42(44-40)31-23-24-33-37-26-36(29-13-5-2-6-14-29)32-15-7-8-16-34(32)41(37)45-39(33)25-31/h1-26H. The molecular formula is C42H26N2O. The molecule has 0 N–H and O–H groups in total. The van der Waals surface area contributed by atoms with E-state index in [1.54, 1.807) is 0 Å². The average Bonchev–Trinajstić information content (AvgIpc) is 3.50. The molecule has 0 spiro atoms. The van der Waals surface area contributed by atoms with Crippen LogP contribution in [-0.2, 0) is 0 Å². The van der Waals surface area contributed by atoms with Crippen molar-refractivity contribution in [2.45, 2.75) is 0 Å². The van der Waals surface area contributed by atoms with Gasteiger partial charge < -0.3 is 4.42 Å². The van der Waals surface area contributed by atoms with Crippen LogP contribution >= 0.6 is 0 Å². The Morgan fingerprint density at radius 3 is 1.76 bits per heavy atom. The summed E-state index contributed by atoms with van der Waals surface area (Å²) in [6.07, 6.45) is 0. The molecule has 3 nitrogen and oxygen atoms in total. The van der Waals surface area contributed by atoms with E-state index in [-0.39, 0.29) is 0 Å². The van der Waals surface area contributed by atoms with Crippen LogP contribution < -0.4 is 0 Å². The molecule has 2 aromatic heterocycles. The van der Waals surface area contributed by atoms with E-state index in [1.165, 1.54) is 27.6 Å². The summed E-state index contributed by atoms with van der Waals surface area (Å²) >= 11 is 0. The van der Waals surface area contributed by atoms with Crippen LogP contribution in [0.4, 0.5) is 0 Å². The van der Waals surface area contributed by atoms with Crippen molar-refractivity contribution in [2.24, 2.45) is 0 Å². The van der Waals surface area contributed by atoms with Crippen LogP contribution in [0.1, 0.15) is 0 Å². The van der Waals surface area contributed by atoms with Crippen molar-refractivity contribution in [1.29, 1.82) is 0 Å². The van der Waals surface area contributed by atoms with Gasteiger partial charge in [-0.25, -0.2) is 9.97 Å². The van der Waals surface area contributed by atoms with Gasteiger partial charge in [0.2, 0.25) is 0 Å². The number of nitrogens with zero attached hydrogens (tertiary/aromatic N) is 2. The van der Waals surface area contributed by atoms with Crippen molar-refractivity contribution in [3.05, 3.63) is 158 Å². The second kappa shape index (κ2) is 10.3. The molecule has 45 heavy (non-hydrogen) atoms. The molecule has 0 saturated heterocycles. The first-order valence-corrected chi connectivity index (χ1v) is 15.2. The zero-order valence-electron chi connectivity index (χ0n) is 24.3. The Hall–Kier alpha value is -6.06. The molecule has 0 fully saturated rings. The van der Waals surface area contributed by atoms with Crippen molar-refractivity contribution < 1.29 is 4.42 Å². The van der Waals surface area contributed by atoms with Crippen molar-refractivity contribution in [3.63, 3.8) is 0 Å². The first-order valence-electron chi connectivity index (χ1n) is 15.2. The van der Waals surface area contributed by atoms with E-state index >= 15 is 0 Å². The summed E-state index contributed by atoms with van der Waals surface area (Å²) in [4.78, 5) is 10.2. The van der Waals surface area contributed by atoms with E-state index in [0.29, 0.717) is 5.82 Å². The van der Waals surface area contributed by atoms with Gasteiger partial charge in [0.1, 0.15) is 11.2 Å². The van der Waals surface area contributed by atoms with E-state index < -0.39 is 0 Å². The van der Waals surface area contributed by atoms with Crippen LogP contribution in [0.2, 0.25) is 0 Å². The number of furan rings is 1. The lowest BCUT2D eigenvalue weighted by atomic mass is 9.95. The molecular weight excluding hydrogens is 548 g/mol. The van der Waals surface area contributed by atoms with Crippen LogP contribution in [0.5, 0.6) is 0 Å². The summed E-state index contributed by atoms with van der Waals surface area (Å²) in [6, 6.07) is 54.9. The molecule has 7 aromatic carbocycles. The van der Waals surface area contributed by atoms with Gasteiger partial charge >= 0.3 is 0 Å². The van der Waals surface area contributed by atoms with Crippen LogP contribution in [-0.4, -0.2) is 9.97 Å². The third kappa shape index (κ3) is 4.29. The van der Waals surface area contributed by atoms with Crippen LogP contribution in [0.3, 0.4) is 0 Å². The largest absolute Gasteiger partial charge is 0.455 e. The molecule has 0 unspecified atom stereocenters. The zero-order chi connectivity index (χ0) is 29.7. The molecule has 0 amide bonds. The normalized spacial score (nSPS) is 11.6. The van der Waals surface area contributed by atoms with E-state index in [9.17, 15) is 0 Å². The fourth-order valence-electron chi connectivity index (χ4n) is 6.47. The summed E-state index contributed by atoms with van der Waals surface area (Å²) in [5.41, 5.74) is 10.3. The molecule has 0 saturated carbocycles. The molecule has 0 radical (unpaired) electrons. The highest BCUT2D eigenvalue weighted by Gasteiger charge is 2.17. The quantitative estimate of drug-likeness (QED) is 0.210. The van der Waals surface area contributed by atoms with Gasteiger partial charge in [0.05, 0.1) is 11.2 Å². The summed E-state index contributed by atoms with van der Waals surface area (Å²) in [5, 5.41) is 5.49. The molecule has 210 valence electrons. The maximum atomic E-state index is 6.62. The lowest BCUT2D eigenvalue weighted by Crippen LogP contribution is -1.95. The van der Waals surface area contributed by atoms with Crippen LogP contribution in [0.25, 0.3) is 88.5 Å². The van der Waals surface area contributed by atoms with Gasteiger partial charge in [-0.15, -0.1) is 0 Å². The van der Waals surface area contributed by atoms with Gasteiger partial charge in [0.25, 0.3) is 0 Å². The Labute approximate surface area is 260 Å². The highest BCUT2D eigenvalue weighted by atomic mass is 16.3. The molecule has 0 aliphatic heterocycles. The molecule has 2 heterocycles. The molecule has 3 heteroatoms. The third-order valence-corrected chi connectivity index (χ3v) is 8.69. The predicted octanol–water partition coefficient (Wildman–Crippen LogP) is 11.4. The minimum absolute atomic E-state index is 0.674. The maximum Gasteiger partial charge on any atom is 0.160 e. The summed E-state index contributed by atoms with van der Waals surface area (Å²) in [6.45, 7) is 0. The molecule has 0 aliphatic carbocycles. The Balaban J connectivity index is 1.20. The number of hydrogen-bond acceptors (Lipinski definition) is 3. The first kappa shape index (κ1) is 25.4. The summed E-state index contributed by atoms with van der Waals surface area (Å²) in [5.74, 6) is 0.674. The highest BCUT2D eigenvalue weighted by molar-refractivity contribution is 6.19. The lowest BCUT2D eigenvalue weighted by Gasteiger charge is -2.10. The Morgan fingerprint density at radius 1 is 0.378 bits per heavy atom. The Morgan fingerprint density at radius 2 is 0.978 bits per heavy atom. The summed E-state index contributed by atoms with van der Waals surface area (Å²) < 4.78 is 6.62. The van der Waals surface area contributed by atoms with Crippen LogP contribution in [0, 0.1) is 0 Å². The fourth-order valence-corrected chi connectivity index (χ4v) is 6.47. The summed E-state index contributed by atoms with van der Waals surface area (Å²) in [7, 11) is 0. The van der Waals surface area contributed by atoms with Crippen molar-refractivity contribution >= 4 is 43.6 Å². The minimum atomic E-state index is 0.674. The Kier molecular flexibility index (Phi) is 5.82. The van der Waals surface area contributed by atoms with E-state index in [2.05, 4.69) is 140 Å². The topological polar surface area (TPSA) is 38.9 Å². The van der Waals surface area contributed by atoms with E-state index in [1.807, 2.05) is 18.2 Å². The van der Waals surface area contributed by atoms with Crippen molar-refractivity contribution in [1.82, 2.24) is 9.97 Å². The molecule has 0 atom stereocenters. The average molecular weight is 575 g/mol. The van der Waals surface area contributed by atoms with Crippen molar-refractivity contribution in [2.75, 3.05) is 0 Å². The lowest BCUT2D eigenvalue weighted by molar-refractivity contribution is 0.673. The first-order chi connectivity index (χ1) is 22.3. The van der Waals surface area contributed by atoms with Crippen LogP contribution in [0.15, 0.2) is 162 Å². The zero-order valence-corrected chi connectivity index (χ0v) is 24.3. The number of fused-ring (bicyclic) bond motifs is 6. The number of benzene rings is 7. The second-order valence-electron chi connectivity index (χ2n) is 11.4. The van der Waals surface area contributed by atoms with Gasteiger partial charge in [0, 0.05) is 32.7 Å². The van der Waals surface area contributed by atoms with Gasteiger partial charge in [-0.3, -0.25) is 0 Å². The maximum absolute atomic E-state index is 6.62. The highest BCUT2D eigenvalue weighted by Crippen LogP contribution is 2.41. The van der Waals surface area contributed by atoms with Gasteiger partial charge in [-0.2, -0.15) is 0 Å². The van der Waals surface area contributed by atoms with Gasteiger partial charge in [-0.1, -0.05) is 133 Å². The van der Waals surface area contributed by atoms with E-state index in [4.69, 9.17) is 14.4 Å². The second-order valence-corrected chi connectivity index (χ2v) is 11.4. The van der Waals surface area contributed by atoms with Crippen molar-refractivity contribution in [3.8, 4) is 44.9 Å². The number of aromatic nitrogens is 2. The minimum Gasteiger partial charge on any atom is -0.455 e. The third-order valence-electron chi connectivity index (χ3n) is 8.69. The number of hydrogen-bond donors (Lipinski definition) is 0. The van der Waals surface area contributed by atoms with E-state index in [0.717, 1.165) is 55.0 Å². The SMILES string of the molecule is c1ccc(-c2ccc(-c3nc(-c4ccc5c(c4)oc4c6ccccc6c(-c6ccccc6)cc54)nc4ccccc34)cc2)cc1. The molecule has 9 aromatic rings. The molecule has 0 aliphatic rings.